The number of nitrogens with one attached hydrogen (secondary N) is 1. The first-order valence-electron chi connectivity index (χ1n) is 8.06. The Hall–Kier alpha value is -2.13. The van der Waals surface area contributed by atoms with Crippen LogP contribution >= 0.6 is 0 Å². The third kappa shape index (κ3) is 2.22. The Morgan fingerprint density at radius 3 is 2.68 bits per heavy atom. The summed E-state index contributed by atoms with van der Waals surface area (Å²) in [4.78, 5) is 10.5. The van der Waals surface area contributed by atoms with Gasteiger partial charge in [-0.15, -0.1) is 0 Å². The first-order chi connectivity index (χ1) is 10.8. The molecule has 3 heteroatoms. The van der Waals surface area contributed by atoms with Gasteiger partial charge in [0.1, 0.15) is 0 Å². The molecular weight excluding hydrogens is 270 g/mol. The van der Waals surface area contributed by atoms with Crippen LogP contribution in [0.3, 0.4) is 0 Å². The molecule has 3 nitrogen and oxygen atoms in total. The zero-order valence-corrected chi connectivity index (χ0v) is 12.9. The molecule has 0 spiro atoms. The molecule has 0 saturated carbocycles. The maximum atomic E-state index is 4.36. The lowest BCUT2D eigenvalue weighted by molar-refractivity contribution is 0.281. The standard InChI is InChI=1S/C19H21N3/c1-14-18(16-8-2-3-9-17(16)21-14)19(22-11-4-5-12-22)15-7-6-10-20-13-15/h2-3,6-10,13,19,21H,4-5,11-12H2,1H3/t19-/m1/s1. The maximum Gasteiger partial charge on any atom is 0.0640 e. The van der Waals surface area contributed by atoms with E-state index in [9.17, 15) is 0 Å². The van der Waals surface area contributed by atoms with Crippen molar-refractivity contribution in [1.29, 1.82) is 0 Å². The number of fused-ring (bicyclic) bond motifs is 1. The van der Waals surface area contributed by atoms with Gasteiger partial charge < -0.3 is 4.98 Å². The van der Waals surface area contributed by atoms with Crippen molar-refractivity contribution in [3.05, 3.63) is 65.6 Å². The second kappa shape index (κ2) is 5.58. The van der Waals surface area contributed by atoms with Crippen molar-refractivity contribution in [2.45, 2.75) is 25.8 Å². The Kier molecular flexibility index (Phi) is 3.43. The minimum Gasteiger partial charge on any atom is -0.358 e. The van der Waals surface area contributed by atoms with Crippen LogP contribution in [0.2, 0.25) is 0 Å². The van der Waals surface area contributed by atoms with E-state index in [0.717, 1.165) is 0 Å². The number of rotatable bonds is 3. The van der Waals surface area contributed by atoms with E-state index < -0.39 is 0 Å². The SMILES string of the molecule is Cc1[nH]c2ccccc2c1[C@@H](c1cccnc1)N1CCCC1. The van der Waals surface area contributed by atoms with Crippen LogP contribution in [0.5, 0.6) is 0 Å². The number of aryl methyl sites for hydroxylation is 1. The molecule has 4 rings (SSSR count). The van der Waals surface area contributed by atoms with Crippen LogP contribution in [0.25, 0.3) is 10.9 Å². The molecule has 3 aromatic rings. The number of pyridine rings is 1. The van der Waals surface area contributed by atoms with Gasteiger partial charge in [-0.3, -0.25) is 9.88 Å². The Bertz CT molecular complexity index is 770. The van der Waals surface area contributed by atoms with Crippen LogP contribution in [0.1, 0.15) is 35.7 Å². The Morgan fingerprint density at radius 1 is 1.09 bits per heavy atom. The van der Waals surface area contributed by atoms with E-state index >= 15 is 0 Å². The number of likely N-dealkylation sites (tertiary alicyclic amines) is 1. The highest BCUT2D eigenvalue weighted by Gasteiger charge is 2.28. The molecule has 1 atom stereocenters. The lowest BCUT2D eigenvalue weighted by Gasteiger charge is -2.28. The Morgan fingerprint density at radius 2 is 1.91 bits per heavy atom. The van der Waals surface area contributed by atoms with E-state index in [4.69, 9.17) is 0 Å². The first kappa shape index (κ1) is 13.5. The summed E-state index contributed by atoms with van der Waals surface area (Å²) >= 11 is 0. The van der Waals surface area contributed by atoms with Gasteiger partial charge in [-0.1, -0.05) is 24.3 Å². The van der Waals surface area contributed by atoms with Crippen LogP contribution in [-0.4, -0.2) is 28.0 Å². The number of aromatic amines is 1. The summed E-state index contributed by atoms with van der Waals surface area (Å²) in [6.45, 7) is 4.52. The van der Waals surface area contributed by atoms with Crippen LogP contribution in [0, 0.1) is 6.92 Å². The summed E-state index contributed by atoms with van der Waals surface area (Å²) in [6, 6.07) is 13.2. The summed E-state index contributed by atoms with van der Waals surface area (Å²) in [5, 5.41) is 1.33. The highest BCUT2D eigenvalue weighted by molar-refractivity contribution is 5.85. The zero-order chi connectivity index (χ0) is 14.9. The van der Waals surface area contributed by atoms with Crippen LogP contribution in [0.4, 0.5) is 0 Å². The van der Waals surface area contributed by atoms with Gasteiger partial charge in [0.2, 0.25) is 0 Å². The second-order valence-corrected chi connectivity index (χ2v) is 6.14. The molecule has 1 aromatic carbocycles. The van der Waals surface area contributed by atoms with Crippen LogP contribution in [-0.2, 0) is 0 Å². The molecule has 0 bridgehead atoms. The van der Waals surface area contributed by atoms with E-state index in [1.165, 1.54) is 53.7 Å². The summed E-state index contributed by atoms with van der Waals surface area (Å²) < 4.78 is 0. The largest absolute Gasteiger partial charge is 0.358 e. The maximum absolute atomic E-state index is 4.36. The van der Waals surface area contributed by atoms with Crippen molar-refractivity contribution in [3.63, 3.8) is 0 Å². The molecule has 1 fully saturated rings. The molecule has 0 amide bonds. The molecular formula is C19H21N3. The van der Waals surface area contributed by atoms with Crippen molar-refractivity contribution in [1.82, 2.24) is 14.9 Å². The van der Waals surface area contributed by atoms with E-state index in [2.05, 4.69) is 52.1 Å². The van der Waals surface area contributed by atoms with Crippen LogP contribution < -0.4 is 0 Å². The summed E-state index contributed by atoms with van der Waals surface area (Å²) in [5.74, 6) is 0. The summed E-state index contributed by atoms with van der Waals surface area (Å²) in [7, 11) is 0. The van der Waals surface area contributed by atoms with Crippen molar-refractivity contribution in [3.8, 4) is 0 Å². The summed E-state index contributed by atoms with van der Waals surface area (Å²) in [5.41, 5.74) is 5.19. The third-order valence-corrected chi connectivity index (χ3v) is 4.72. The quantitative estimate of drug-likeness (QED) is 0.789. The molecule has 0 radical (unpaired) electrons. The van der Waals surface area contributed by atoms with Gasteiger partial charge in [-0.25, -0.2) is 0 Å². The molecule has 0 aliphatic carbocycles. The number of para-hydroxylation sites is 1. The van der Waals surface area contributed by atoms with Crippen molar-refractivity contribution >= 4 is 10.9 Å². The van der Waals surface area contributed by atoms with Gasteiger partial charge in [0, 0.05) is 34.6 Å². The van der Waals surface area contributed by atoms with Crippen molar-refractivity contribution < 1.29 is 0 Å². The Balaban J connectivity index is 1.91. The highest BCUT2D eigenvalue weighted by Crippen LogP contribution is 2.37. The minimum absolute atomic E-state index is 0.298. The predicted molar refractivity (Wildman–Crippen MR) is 89.9 cm³/mol. The fourth-order valence-corrected chi connectivity index (χ4v) is 3.75. The smallest absolute Gasteiger partial charge is 0.0640 e. The molecule has 22 heavy (non-hydrogen) atoms. The molecule has 2 aromatic heterocycles. The molecule has 1 aliphatic rings. The average Bonchev–Trinajstić information content (AvgIpc) is 3.18. The predicted octanol–water partition coefficient (Wildman–Crippen LogP) is 4.06. The molecule has 1 saturated heterocycles. The number of aromatic nitrogens is 2. The molecule has 3 heterocycles. The average molecular weight is 291 g/mol. The van der Waals surface area contributed by atoms with Crippen LogP contribution in [0.15, 0.2) is 48.8 Å². The minimum atomic E-state index is 0.298. The number of nitrogens with zero attached hydrogens (tertiary/aromatic N) is 2. The second-order valence-electron chi connectivity index (χ2n) is 6.14. The van der Waals surface area contributed by atoms with Gasteiger partial charge in [-0.05, 0) is 50.6 Å². The number of hydrogen-bond donors (Lipinski definition) is 1. The lowest BCUT2D eigenvalue weighted by Crippen LogP contribution is -2.27. The Labute approximate surface area is 131 Å². The number of benzene rings is 1. The van der Waals surface area contributed by atoms with E-state index in [-0.39, 0.29) is 0 Å². The number of hydrogen-bond acceptors (Lipinski definition) is 2. The van der Waals surface area contributed by atoms with E-state index in [1.807, 2.05) is 18.5 Å². The van der Waals surface area contributed by atoms with E-state index in [0.29, 0.717) is 6.04 Å². The van der Waals surface area contributed by atoms with Gasteiger partial charge in [0.05, 0.1) is 6.04 Å². The molecule has 112 valence electrons. The normalized spacial score (nSPS) is 17.1. The van der Waals surface area contributed by atoms with Gasteiger partial charge >= 0.3 is 0 Å². The van der Waals surface area contributed by atoms with Gasteiger partial charge in [0.25, 0.3) is 0 Å². The first-order valence-corrected chi connectivity index (χ1v) is 8.06. The van der Waals surface area contributed by atoms with Gasteiger partial charge in [-0.2, -0.15) is 0 Å². The molecule has 1 aliphatic heterocycles. The fraction of sp³-hybridized carbons (Fsp3) is 0.316. The highest BCUT2D eigenvalue weighted by atomic mass is 15.2. The third-order valence-electron chi connectivity index (χ3n) is 4.72. The topological polar surface area (TPSA) is 31.9 Å². The lowest BCUT2D eigenvalue weighted by atomic mass is 9.96. The fourth-order valence-electron chi connectivity index (χ4n) is 3.75. The van der Waals surface area contributed by atoms with Crippen molar-refractivity contribution in [2.24, 2.45) is 0 Å². The van der Waals surface area contributed by atoms with E-state index in [1.54, 1.807) is 0 Å². The molecule has 1 N–H and O–H groups in total. The molecule has 0 unspecified atom stereocenters. The zero-order valence-electron chi connectivity index (χ0n) is 12.9. The summed E-state index contributed by atoms with van der Waals surface area (Å²) in [6.07, 6.45) is 6.45. The number of H-pyrrole nitrogens is 1. The monoisotopic (exact) mass is 291 g/mol. The van der Waals surface area contributed by atoms with Crippen molar-refractivity contribution in [2.75, 3.05) is 13.1 Å². The van der Waals surface area contributed by atoms with Gasteiger partial charge in [0.15, 0.2) is 0 Å².